The maximum atomic E-state index is 13.7. The van der Waals surface area contributed by atoms with Gasteiger partial charge in [0, 0.05) is 61.5 Å². The third-order valence-corrected chi connectivity index (χ3v) is 6.30. The highest BCUT2D eigenvalue weighted by atomic mass is 16.2. The van der Waals surface area contributed by atoms with Crippen molar-refractivity contribution in [2.45, 2.75) is 45.7 Å². The minimum atomic E-state index is -0.0800. The number of carbonyl (C=O) groups is 1. The second-order valence-electron chi connectivity index (χ2n) is 8.64. The van der Waals surface area contributed by atoms with Crippen molar-refractivity contribution < 1.29 is 4.79 Å². The van der Waals surface area contributed by atoms with Crippen molar-refractivity contribution in [3.63, 3.8) is 0 Å². The van der Waals surface area contributed by atoms with Crippen LogP contribution in [0.2, 0.25) is 0 Å². The molecule has 0 N–H and O–H groups in total. The summed E-state index contributed by atoms with van der Waals surface area (Å²) in [6.07, 6.45) is 6.34. The van der Waals surface area contributed by atoms with E-state index in [2.05, 4.69) is 84.2 Å². The van der Waals surface area contributed by atoms with Crippen LogP contribution in [0.25, 0.3) is 10.9 Å². The average molecular weight is 451 g/mol. The molecule has 5 nitrogen and oxygen atoms in total. The number of nitriles is 1. The number of benzene rings is 2. The molecule has 0 radical (unpaired) electrons. The molecule has 1 unspecified atom stereocenters. The Morgan fingerprint density at radius 2 is 2.00 bits per heavy atom. The van der Waals surface area contributed by atoms with Gasteiger partial charge in [-0.3, -0.25) is 9.78 Å². The molecule has 4 rings (SSSR count). The van der Waals surface area contributed by atoms with Gasteiger partial charge < -0.3 is 9.47 Å². The molecule has 5 heteroatoms. The first-order chi connectivity index (χ1) is 16.6. The number of hydrogen-bond donors (Lipinski definition) is 0. The fraction of sp³-hybridized carbons (Fsp3) is 0.276. The molecule has 1 amide bonds. The van der Waals surface area contributed by atoms with Gasteiger partial charge in [0.1, 0.15) is 0 Å². The molecule has 0 aliphatic carbocycles. The normalized spacial score (nSPS) is 11.8. The Kier molecular flexibility index (Phi) is 7.39. The van der Waals surface area contributed by atoms with Crippen LogP contribution in [0.15, 0.2) is 79.3 Å². The summed E-state index contributed by atoms with van der Waals surface area (Å²) in [5.41, 5.74) is 5.61. The Labute approximate surface area is 201 Å². The first-order valence-electron chi connectivity index (χ1n) is 11.8. The number of carbonyl (C=O) groups excluding carboxylic acids is 1. The number of amides is 1. The first kappa shape index (κ1) is 23.3. The Morgan fingerprint density at radius 3 is 2.74 bits per heavy atom. The Balaban J connectivity index is 1.72. The molecule has 2 heterocycles. The summed E-state index contributed by atoms with van der Waals surface area (Å²) < 4.78 is 2.25. The number of aromatic nitrogens is 2. The summed E-state index contributed by atoms with van der Waals surface area (Å²) in [4.78, 5) is 19.7. The van der Waals surface area contributed by atoms with Crippen LogP contribution in [0.5, 0.6) is 0 Å². The van der Waals surface area contributed by atoms with Crippen LogP contribution >= 0.6 is 0 Å². The van der Waals surface area contributed by atoms with Gasteiger partial charge in [0.05, 0.1) is 12.5 Å². The molecule has 172 valence electrons. The van der Waals surface area contributed by atoms with E-state index in [0.29, 0.717) is 25.9 Å². The van der Waals surface area contributed by atoms with Gasteiger partial charge in [-0.1, -0.05) is 54.1 Å². The van der Waals surface area contributed by atoms with Gasteiger partial charge in [0.15, 0.2) is 0 Å². The van der Waals surface area contributed by atoms with Crippen molar-refractivity contribution >= 4 is 16.8 Å². The number of nitrogens with zero attached hydrogens (tertiary/aromatic N) is 4. The van der Waals surface area contributed by atoms with Gasteiger partial charge in [-0.25, -0.2) is 0 Å². The van der Waals surface area contributed by atoms with Crippen molar-refractivity contribution in [3.05, 3.63) is 102 Å². The topological polar surface area (TPSA) is 61.9 Å². The molecule has 0 bridgehead atoms. The highest BCUT2D eigenvalue weighted by Gasteiger charge is 2.25. The van der Waals surface area contributed by atoms with Gasteiger partial charge in [-0.15, -0.1) is 0 Å². The van der Waals surface area contributed by atoms with Gasteiger partial charge >= 0.3 is 0 Å². The molecule has 0 fully saturated rings. The zero-order valence-electron chi connectivity index (χ0n) is 19.8. The number of pyridine rings is 1. The molecular weight excluding hydrogens is 420 g/mol. The van der Waals surface area contributed by atoms with Gasteiger partial charge in [-0.05, 0) is 42.7 Å². The summed E-state index contributed by atoms with van der Waals surface area (Å²) in [5.74, 6) is -0.0393. The van der Waals surface area contributed by atoms with E-state index in [0.717, 1.165) is 23.2 Å². The maximum Gasteiger partial charge on any atom is 0.223 e. The van der Waals surface area contributed by atoms with Gasteiger partial charge in [0.2, 0.25) is 5.91 Å². The second-order valence-corrected chi connectivity index (χ2v) is 8.64. The van der Waals surface area contributed by atoms with Gasteiger partial charge in [0.25, 0.3) is 0 Å². The monoisotopic (exact) mass is 450 g/mol. The molecule has 0 aliphatic rings. The number of para-hydroxylation sites is 1. The second kappa shape index (κ2) is 10.8. The fourth-order valence-corrected chi connectivity index (χ4v) is 4.60. The van der Waals surface area contributed by atoms with Crippen LogP contribution in [0.1, 0.15) is 47.9 Å². The molecule has 2 aromatic heterocycles. The van der Waals surface area contributed by atoms with Crippen molar-refractivity contribution in [1.82, 2.24) is 14.5 Å². The molecule has 2 aromatic carbocycles. The Hall–Kier alpha value is -3.91. The molecule has 4 aromatic rings. The molecule has 0 saturated heterocycles. The van der Waals surface area contributed by atoms with E-state index in [4.69, 9.17) is 0 Å². The van der Waals surface area contributed by atoms with Crippen LogP contribution in [0.3, 0.4) is 0 Å². The third-order valence-electron chi connectivity index (χ3n) is 6.30. The maximum absolute atomic E-state index is 13.7. The zero-order valence-corrected chi connectivity index (χ0v) is 19.8. The number of rotatable bonds is 9. The molecule has 0 aliphatic heterocycles. The predicted octanol–water partition coefficient (Wildman–Crippen LogP) is 5.83. The summed E-state index contributed by atoms with van der Waals surface area (Å²) in [6, 6.07) is 22.9. The summed E-state index contributed by atoms with van der Waals surface area (Å²) in [6.45, 7) is 5.94. The van der Waals surface area contributed by atoms with Crippen LogP contribution in [0, 0.1) is 18.3 Å². The Bertz CT molecular complexity index is 1300. The number of hydrogen-bond acceptors (Lipinski definition) is 3. The SMILES string of the molecule is CCn1cc(C(CC(=O)N(CCC#N)Cc2cccnc2)c2cccc(C)c2)c2ccccc21. The number of aryl methyl sites for hydroxylation is 2. The lowest BCUT2D eigenvalue weighted by atomic mass is 9.87. The molecule has 0 saturated carbocycles. The van der Waals surface area contributed by atoms with Crippen LogP contribution in [-0.2, 0) is 17.9 Å². The lowest BCUT2D eigenvalue weighted by Crippen LogP contribution is -2.32. The predicted molar refractivity (Wildman–Crippen MR) is 135 cm³/mol. The lowest BCUT2D eigenvalue weighted by molar-refractivity contribution is -0.132. The van der Waals surface area contributed by atoms with E-state index in [9.17, 15) is 10.1 Å². The highest BCUT2D eigenvalue weighted by molar-refractivity contribution is 5.86. The average Bonchev–Trinajstić information content (AvgIpc) is 3.24. The van der Waals surface area contributed by atoms with Crippen molar-refractivity contribution in [2.75, 3.05) is 6.54 Å². The molecule has 0 spiro atoms. The third kappa shape index (κ3) is 5.18. The van der Waals surface area contributed by atoms with E-state index >= 15 is 0 Å². The van der Waals surface area contributed by atoms with Gasteiger partial charge in [-0.2, -0.15) is 5.26 Å². The summed E-state index contributed by atoms with van der Waals surface area (Å²) in [7, 11) is 0. The molecule has 1 atom stereocenters. The van der Waals surface area contributed by atoms with Crippen molar-refractivity contribution in [3.8, 4) is 6.07 Å². The molecular formula is C29H30N4O. The van der Waals surface area contributed by atoms with E-state index in [-0.39, 0.29) is 11.8 Å². The smallest absolute Gasteiger partial charge is 0.223 e. The van der Waals surface area contributed by atoms with Crippen molar-refractivity contribution in [2.24, 2.45) is 0 Å². The first-order valence-corrected chi connectivity index (χ1v) is 11.8. The van der Waals surface area contributed by atoms with Crippen LogP contribution in [0.4, 0.5) is 0 Å². The Morgan fingerprint density at radius 1 is 1.15 bits per heavy atom. The minimum Gasteiger partial charge on any atom is -0.347 e. The van der Waals surface area contributed by atoms with E-state index in [1.165, 1.54) is 16.5 Å². The molecule has 34 heavy (non-hydrogen) atoms. The lowest BCUT2D eigenvalue weighted by Gasteiger charge is -2.25. The van der Waals surface area contributed by atoms with E-state index in [1.54, 1.807) is 17.3 Å². The fourth-order valence-electron chi connectivity index (χ4n) is 4.60. The quantitative estimate of drug-likeness (QED) is 0.322. The van der Waals surface area contributed by atoms with Crippen molar-refractivity contribution in [1.29, 1.82) is 5.26 Å². The zero-order chi connectivity index (χ0) is 23.9. The highest BCUT2D eigenvalue weighted by Crippen LogP contribution is 2.35. The van der Waals surface area contributed by atoms with Crippen LogP contribution in [-0.4, -0.2) is 26.9 Å². The largest absolute Gasteiger partial charge is 0.347 e. The minimum absolute atomic E-state index is 0.0407. The van der Waals surface area contributed by atoms with E-state index in [1.807, 2.05) is 12.1 Å². The van der Waals surface area contributed by atoms with E-state index < -0.39 is 0 Å². The summed E-state index contributed by atoms with van der Waals surface area (Å²) >= 11 is 0. The standard InChI is InChI=1S/C29H30N4O/c1-3-32-21-27(25-12-4-5-13-28(25)32)26(24-11-6-9-22(2)17-24)18-29(34)33(16-8-14-30)20-23-10-7-15-31-19-23/h4-7,9-13,15,17,19,21,26H,3,8,16,18,20H2,1-2H3. The summed E-state index contributed by atoms with van der Waals surface area (Å²) in [5, 5.41) is 10.4. The van der Waals surface area contributed by atoms with Crippen LogP contribution < -0.4 is 0 Å². The number of fused-ring (bicyclic) bond motifs is 1.